The predicted molar refractivity (Wildman–Crippen MR) is 95.8 cm³/mol. The van der Waals surface area contributed by atoms with Crippen molar-refractivity contribution in [2.45, 2.75) is 32.0 Å². The molecule has 2 aromatic heterocycles. The van der Waals surface area contributed by atoms with Crippen LogP contribution in [0, 0.1) is 0 Å². The molecule has 2 N–H and O–H groups in total. The van der Waals surface area contributed by atoms with Crippen LogP contribution in [0.25, 0.3) is 32.9 Å². The Bertz CT molecular complexity index is 1250. The minimum atomic E-state index is -0.973. The van der Waals surface area contributed by atoms with Gasteiger partial charge in [-0.1, -0.05) is 0 Å². The van der Waals surface area contributed by atoms with Gasteiger partial charge in [-0.15, -0.1) is 0 Å². The highest BCUT2D eigenvalue weighted by atomic mass is 16.5. The summed E-state index contributed by atoms with van der Waals surface area (Å²) in [5, 5.41) is 21.4. The summed E-state index contributed by atoms with van der Waals surface area (Å²) in [7, 11) is 0. The standard InChI is InChI=1S/C20H16O6/c1-20(2,23)16-6-9-5-12-15(8-13(9)24-16)25-18-11-4-3-10(21)7-14(11)26-19(22)17(12)18/h3-5,7-8,16,21,23H,6H2,1-2H3. The Hall–Kier alpha value is -2.99. The second kappa shape index (κ2) is 4.80. The highest BCUT2D eigenvalue weighted by Crippen LogP contribution is 2.40. The molecule has 0 bridgehead atoms. The van der Waals surface area contributed by atoms with E-state index in [4.69, 9.17) is 13.6 Å². The minimum Gasteiger partial charge on any atom is -0.508 e. The lowest BCUT2D eigenvalue weighted by molar-refractivity contribution is -0.0229. The third-order valence-corrected chi connectivity index (χ3v) is 4.95. The summed E-state index contributed by atoms with van der Waals surface area (Å²) in [6.07, 6.45) is 0.198. The average molecular weight is 352 g/mol. The molecule has 6 heteroatoms. The summed E-state index contributed by atoms with van der Waals surface area (Å²) in [5.74, 6) is 0.663. The van der Waals surface area contributed by atoms with Crippen molar-refractivity contribution in [3.8, 4) is 11.5 Å². The van der Waals surface area contributed by atoms with Gasteiger partial charge in [-0.25, -0.2) is 4.79 Å². The highest BCUT2D eigenvalue weighted by Gasteiger charge is 2.35. The van der Waals surface area contributed by atoms with Crippen molar-refractivity contribution < 1.29 is 23.8 Å². The molecule has 0 saturated carbocycles. The van der Waals surface area contributed by atoms with E-state index in [1.54, 1.807) is 26.0 Å². The molecule has 0 aliphatic carbocycles. The van der Waals surface area contributed by atoms with Gasteiger partial charge in [-0.2, -0.15) is 0 Å². The molecule has 1 atom stereocenters. The van der Waals surface area contributed by atoms with Crippen molar-refractivity contribution in [1.29, 1.82) is 0 Å². The van der Waals surface area contributed by atoms with E-state index < -0.39 is 11.2 Å². The van der Waals surface area contributed by atoms with E-state index in [9.17, 15) is 15.0 Å². The second-order valence-electron chi connectivity index (χ2n) is 7.30. The smallest absolute Gasteiger partial charge is 0.348 e. The molecule has 0 amide bonds. The molecule has 0 radical (unpaired) electrons. The summed E-state index contributed by atoms with van der Waals surface area (Å²) in [6.45, 7) is 3.42. The van der Waals surface area contributed by atoms with E-state index in [1.807, 2.05) is 6.07 Å². The molecule has 1 aliphatic heterocycles. The monoisotopic (exact) mass is 352 g/mol. The Morgan fingerprint density at radius 3 is 2.62 bits per heavy atom. The fourth-order valence-corrected chi connectivity index (χ4v) is 3.55. The first-order valence-electron chi connectivity index (χ1n) is 8.35. The lowest BCUT2D eigenvalue weighted by Gasteiger charge is -2.24. The normalized spacial score (nSPS) is 17.1. The molecule has 0 fully saturated rings. The maximum atomic E-state index is 12.5. The molecule has 3 heterocycles. The number of benzene rings is 2. The van der Waals surface area contributed by atoms with E-state index in [1.165, 1.54) is 12.1 Å². The summed E-state index contributed by atoms with van der Waals surface area (Å²) < 4.78 is 17.2. The molecule has 6 nitrogen and oxygen atoms in total. The maximum Gasteiger partial charge on any atom is 0.348 e. The molecule has 5 rings (SSSR count). The number of hydrogen-bond acceptors (Lipinski definition) is 6. The maximum absolute atomic E-state index is 12.5. The van der Waals surface area contributed by atoms with Gasteiger partial charge in [0.25, 0.3) is 0 Å². The van der Waals surface area contributed by atoms with Gasteiger partial charge in [0.2, 0.25) is 0 Å². The SMILES string of the molecule is CC(C)(O)C1Cc2cc3c(cc2O1)oc1c2ccc(O)cc2oc(=O)c31. The molecule has 2 aromatic carbocycles. The highest BCUT2D eigenvalue weighted by molar-refractivity contribution is 6.13. The number of aliphatic hydroxyl groups is 1. The van der Waals surface area contributed by atoms with Gasteiger partial charge in [-0.05, 0) is 37.6 Å². The van der Waals surface area contributed by atoms with E-state index in [0.717, 1.165) is 5.56 Å². The van der Waals surface area contributed by atoms with Crippen molar-refractivity contribution >= 4 is 32.9 Å². The number of fused-ring (bicyclic) bond motifs is 6. The quantitative estimate of drug-likeness (QED) is 0.510. The molecule has 1 aliphatic rings. The van der Waals surface area contributed by atoms with Crippen LogP contribution in [0.2, 0.25) is 0 Å². The van der Waals surface area contributed by atoms with Crippen LogP contribution in [-0.4, -0.2) is 21.9 Å². The average Bonchev–Trinajstić information content (AvgIpc) is 3.12. The number of hydrogen-bond donors (Lipinski definition) is 2. The number of rotatable bonds is 1. The van der Waals surface area contributed by atoms with E-state index in [2.05, 4.69) is 0 Å². The number of furan rings is 1. The van der Waals surface area contributed by atoms with Gasteiger partial charge in [0.15, 0.2) is 5.58 Å². The Morgan fingerprint density at radius 1 is 1.08 bits per heavy atom. The van der Waals surface area contributed by atoms with Crippen LogP contribution in [0.3, 0.4) is 0 Å². The van der Waals surface area contributed by atoms with Crippen molar-refractivity contribution in [2.24, 2.45) is 0 Å². The number of phenolic OH excluding ortho intramolecular Hbond substituents is 1. The lowest BCUT2D eigenvalue weighted by Crippen LogP contribution is -2.39. The Labute approximate surface area is 147 Å². The molecular formula is C20H16O6. The first-order chi connectivity index (χ1) is 12.3. The van der Waals surface area contributed by atoms with Gasteiger partial charge >= 0.3 is 5.63 Å². The van der Waals surface area contributed by atoms with Crippen LogP contribution < -0.4 is 10.4 Å². The van der Waals surface area contributed by atoms with Gasteiger partial charge in [0.1, 0.15) is 34.2 Å². The van der Waals surface area contributed by atoms with Crippen LogP contribution in [0.1, 0.15) is 19.4 Å². The van der Waals surface area contributed by atoms with Crippen molar-refractivity contribution in [1.82, 2.24) is 0 Å². The van der Waals surface area contributed by atoms with E-state index in [-0.39, 0.29) is 17.4 Å². The number of phenols is 1. The Balaban J connectivity index is 1.80. The summed E-state index contributed by atoms with van der Waals surface area (Å²) in [4.78, 5) is 12.5. The molecule has 4 aromatic rings. The first-order valence-corrected chi connectivity index (χ1v) is 8.35. The molecule has 1 unspecified atom stereocenters. The van der Waals surface area contributed by atoms with E-state index in [0.29, 0.717) is 39.5 Å². The zero-order valence-corrected chi connectivity index (χ0v) is 14.2. The van der Waals surface area contributed by atoms with Crippen LogP contribution >= 0.6 is 0 Å². The first kappa shape index (κ1) is 15.3. The number of ether oxygens (including phenoxy) is 1. The largest absolute Gasteiger partial charge is 0.508 e. The number of aromatic hydroxyl groups is 1. The van der Waals surface area contributed by atoms with Gasteiger partial charge in [0, 0.05) is 23.9 Å². The topological polar surface area (TPSA) is 93.0 Å². The van der Waals surface area contributed by atoms with Crippen LogP contribution in [0.15, 0.2) is 44.0 Å². The summed E-state index contributed by atoms with van der Waals surface area (Å²) in [6, 6.07) is 8.19. The predicted octanol–water partition coefficient (Wildman–Crippen LogP) is 3.47. The van der Waals surface area contributed by atoms with Crippen LogP contribution in [0.4, 0.5) is 0 Å². The summed E-state index contributed by atoms with van der Waals surface area (Å²) in [5.41, 5.74) is 0.635. The van der Waals surface area contributed by atoms with Crippen molar-refractivity contribution in [3.05, 3.63) is 46.3 Å². The van der Waals surface area contributed by atoms with Gasteiger partial charge in [-0.3, -0.25) is 0 Å². The molecule has 26 heavy (non-hydrogen) atoms. The van der Waals surface area contributed by atoms with E-state index >= 15 is 0 Å². The van der Waals surface area contributed by atoms with Crippen molar-refractivity contribution in [3.63, 3.8) is 0 Å². The fraction of sp³-hybridized carbons (Fsp3) is 0.250. The fourth-order valence-electron chi connectivity index (χ4n) is 3.55. The van der Waals surface area contributed by atoms with Crippen LogP contribution in [0.5, 0.6) is 11.5 Å². The molecule has 132 valence electrons. The third kappa shape index (κ3) is 2.05. The minimum absolute atomic E-state index is 0.0150. The van der Waals surface area contributed by atoms with Crippen molar-refractivity contribution in [2.75, 3.05) is 0 Å². The van der Waals surface area contributed by atoms with Gasteiger partial charge < -0.3 is 23.8 Å². The molecule has 0 spiro atoms. The Morgan fingerprint density at radius 2 is 1.85 bits per heavy atom. The third-order valence-electron chi connectivity index (χ3n) is 4.95. The zero-order valence-electron chi connectivity index (χ0n) is 14.2. The summed E-state index contributed by atoms with van der Waals surface area (Å²) >= 11 is 0. The Kier molecular flexibility index (Phi) is 2.82. The van der Waals surface area contributed by atoms with Gasteiger partial charge in [0.05, 0.1) is 11.0 Å². The lowest BCUT2D eigenvalue weighted by atomic mass is 9.97. The molecule has 0 saturated heterocycles. The second-order valence-corrected chi connectivity index (χ2v) is 7.30. The zero-order chi connectivity index (χ0) is 18.2. The van der Waals surface area contributed by atoms with Crippen LogP contribution in [-0.2, 0) is 6.42 Å². The molecular weight excluding hydrogens is 336 g/mol.